The maximum atomic E-state index is 12.6. The summed E-state index contributed by atoms with van der Waals surface area (Å²) in [6.45, 7) is 5.93. The van der Waals surface area contributed by atoms with Crippen molar-refractivity contribution >= 4 is 28.7 Å². The average molecular weight is 452 g/mol. The quantitative estimate of drug-likeness (QED) is 0.700. The summed E-state index contributed by atoms with van der Waals surface area (Å²) in [4.78, 5) is 41.0. The van der Waals surface area contributed by atoms with Gasteiger partial charge >= 0.3 is 6.09 Å². The number of nitrogens with one attached hydrogen (secondary N) is 1. The van der Waals surface area contributed by atoms with Gasteiger partial charge in [-0.15, -0.1) is 0 Å². The van der Waals surface area contributed by atoms with Gasteiger partial charge in [0.05, 0.1) is 19.0 Å². The zero-order valence-electron chi connectivity index (χ0n) is 19.5. The number of cyclic esters (lactones) is 1. The van der Waals surface area contributed by atoms with Gasteiger partial charge in [-0.2, -0.15) is 0 Å². The molecule has 7 heteroatoms. The molecule has 0 aliphatic carbocycles. The standard InChI is InChI=1S/C26H33N3O4/c1-18(2)13-23-17-33-26(32)29(23)22-9-11-28(12-10-22)25(31)16-27-24(30)15-19-7-8-20-5-3-4-6-21(20)14-19/h3-8,14,18,22-23H,9-13,15-17H2,1-2H3,(H,27,30). The van der Waals surface area contributed by atoms with Crippen molar-refractivity contribution < 1.29 is 19.1 Å². The zero-order valence-corrected chi connectivity index (χ0v) is 19.5. The molecule has 33 heavy (non-hydrogen) atoms. The van der Waals surface area contributed by atoms with Crippen LogP contribution in [0.5, 0.6) is 0 Å². The minimum Gasteiger partial charge on any atom is -0.447 e. The molecule has 1 unspecified atom stereocenters. The minimum absolute atomic E-state index is 0.00118. The Balaban J connectivity index is 1.23. The summed E-state index contributed by atoms with van der Waals surface area (Å²) >= 11 is 0. The summed E-state index contributed by atoms with van der Waals surface area (Å²) in [5.41, 5.74) is 0.924. The van der Waals surface area contributed by atoms with Crippen LogP contribution in [0, 0.1) is 5.92 Å². The highest BCUT2D eigenvalue weighted by Crippen LogP contribution is 2.27. The summed E-state index contributed by atoms with van der Waals surface area (Å²) in [6.07, 6.45) is 2.41. The first-order valence-electron chi connectivity index (χ1n) is 11.9. The molecule has 7 nitrogen and oxygen atoms in total. The molecule has 3 amide bonds. The smallest absolute Gasteiger partial charge is 0.410 e. The lowest BCUT2D eigenvalue weighted by atomic mass is 9.98. The Kier molecular flexibility index (Phi) is 7.16. The number of fused-ring (bicyclic) bond motifs is 1. The number of likely N-dealkylation sites (tertiary alicyclic amines) is 1. The van der Waals surface area contributed by atoms with Crippen LogP contribution in [0.3, 0.4) is 0 Å². The maximum Gasteiger partial charge on any atom is 0.410 e. The molecule has 1 N–H and O–H groups in total. The van der Waals surface area contributed by atoms with Crippen molar-refractivity contribution in [2.45, 2.75) is 51.6 Å². The van der Waals surface area contributed by atoms with Gasteiger partial charge < -0.3 is 15.0 Å². The lowest BCUT2D eigenvalue weighted by Gasteiger charge is -2.38. The Hall–Kier alpha value is -3.09. The van der Waals surface area contributed by atoms with E-state index in [1.807, 2.05) is 47.4 Å². The molecule has 0 spiro atoms. The van der Waals surface area contributed by atoms with Gasteiger partial charge in [-0.25, -0.2) is 4.79 Å². The van der Waals surface area contributed by atoms with Crippen LogP contribution >= 0.6 is 0 Å². The topological polar surface area (TPSA) is 79.0 Å². The number of carbonyl (C=O) groups excluding carboxylic acids is 3. The highest BCUT2D eigenvalue weighted by molar-refractivity contribution is 5.88. The molecule has 2 heterocycles. The Morgan fingerprint density at radius 3 is 2.55 bits per heavy atom. The van der Waals surface area contributed by atoms with Gasteiger partial charge in [0.25, 0.3) is 0 Å². The molecule has 2 aromatic rings. The van der Waals surface area contributed by atoms with E-state index in [1.165, 1.54) is 0 Å². The minimum atomic E-state index is -0.230. The predicted molar refractivity (Wildman–Crippen MR) is 127 cm³/mol. The first-order valence-corrected chi connectivity index (χ1v) is 11.9. The Morgan fingerprint density at radius 2 is 1.82 bits per heavy atom. The van der Waals surface area contributed by atoms with Crippen LogP contribution in [-0.2, 0) is 20.7 Å². The second-order valence-electron chi connectivity index (χ2n) is 9.51. The molecule has 2 saturated heterocycles. The van der Waals surface area contributed by atoms with E-state index in [-0.39, 0.29) is 43.0 Å². The molecule has 2 aliphatic rings. The van der Waals surface area contributed by atoms with Crippen molar-refractivity contribution in [1.29, 1.82) is 0 Å². The van der Waals surface area contributed by atoms with Crippen LogP contribution in [0.15, 0.2) is 42.5 Å². The number of ether oxygens (including phenoxy) is 1. The van der Waals surface area contributed by atoms with Gasteiger partial charge in [0.15, 0.2) is 0 Å². The molecule has 0 saturated carbocycles. The molecule has 2 aliphatic heterocycles. The second kappa shape index (κ2) is 10.2. The first-order chi connectivity index (χ1) is 15.9. The van der Waals surface area contributed by atoms with Crippen LogP contribution in [0.25, 0.3) is 10.8 Å². The maximum absolute atomic E-state index is 12.6. The fourth-order valence-electron chi connectivity index (χ4n) is 4.92. The van der Waals surface area contributed by atoms with Gasteiger partial charge in [-0.05, 0) is 41.5 Å². The molecule has 0 aromatic heterocycles. The third-order valence-corrected chi connectivity index (χ3v) is 6.57. The van der Waals surface area contributed by atoms with E-state index in [2.05, 4.69) is 19.2 Å². The number of amides is 3. The van der Waals surface area contributed by atoms with Crippen molar-refractivity contribution in [1.82, 2.24) is 15.1 Å². The number of benzene rings is 2. The van der Waals surface area contributed by atoms with Crippen LogP contribution in [-0.4, -0.2) is 66.0 Å². The van der Waals surface area contributed by atoms with Gasteiger partial charge in [-0.3, -0.25) is 14.5 Å². The lowest BCUT2D eigenvalue weighted by molar-refractivity contribution is -0.134. The molecule has 0 bridgehead atoms. The predicted octanol–water partition coefficient (Wildman–Crippen LogP) is 3.36. The monoisotopic (exact) mass is 451 g/mol. The number of carbonyl (C=O) groups is 3. The summed E-state index contributed by atoms with van der Waals surface area (Å²) in [5, 5.41) is 5.00. The van der Waals surface area contributed by atoms with Gasteiger partial charge in [-0.1, -0.05) is 56.3 Å². The zero-order chi connectivity index (χ0) is 23.4. The molecule has 0 radical (unpaired) electrons. The Labute approximate surface area is 195 Å². The van der Waals surface area contributed by atoms with E-state index < -0.39 is 0 Å². The fraction of sp³-hybridized carbons (Fsp3) is 0.500. The molecule has 1 atom stereocenters. The largest absolute Gasteiger partial charge is 0.447 e. The van der Waals surface area contributed by atoms with Crippen LogP contribution in [0.4, 0.5) is 4.79 Å². The molecule has 2 aromatic carbocycles. The van der Waals surface area contributed by atoms with E-state index in [1.54, 1.807) is 4.90 Å². The van der Waals surface area contributed by atoms with E-state index in [9.17, 15) is 14.4 Å². The van der Waals surface area contributed by atoms with E-state index in [4.69, 9.17) is 4.74 Å². The number of nitrogens with zero attached hydrogens (tertiary/aromatic N) is 2. The van der Waals surface area contributed by atoms with Crippen molar-refractivity contribution in [3.05, 3.63) is 48.0 Å². The third kappa shape index (κ3) is 5.64. The number of piperidine rings is 1. The van der Waals surface area contributed by atoms with Crippen LogP contribution < -0.4 is 5.32 Å². The van der Waals surface area contributed by atoms with E-state index in [0.717, 1.165) is 35.6 Å². The van der Waals surface area contributed by atoms with E-state index >= 15 is 0 Å². The highest BCUT2D eigenvalue weighted by Gasteiger charge is 2.39. The molecule has 4 rings (SSSR count). The Bertz CT molecular complexity index is 1010. The molecule has 2 fully saturated rings. The lowest BCUT2D eigenvalue weighted by Crippen LogP contribution is -2.51. The van der Waals surface area contributed by atoms with Gasteiger partial charge in [0.2, 0.25) is 11.8 Å². The van der Waals surface area contributed by atoms with Crippen molar-refractivity contribution in [2.24, 2.45) is 5.92 Å². The normalized spacial score (nSPS) is 19.2. The van der Waals surface area contributed by atoms with Crippen LogP contribution in [0.2, 0.25) is 0 Å². The van der Waals surface area contributed by atoms with Gasteiger partial charge in [0, 0.05) is 19.1 Å². The summed E-state index contributed by atoms with van der Waals surface area (Å²) in [5.74, 6) is 0.250. The number of hydrogen-bond acceptors (Lipinski definition) is 4. The third-order valence-electron chi connectivity index (χ3n) is 6.57. The number of hydrogen-bond donors (Lipinski definition) is 1. The fourth-order valence-corrected chi connectivity index (χ4v) is 4.92. The molecular formula is C26H33N3O4. The molecular weight excluding hydrogens is 418 g/mol. The van der Waals surface area contributed by atoms with Crippen molar-refractivity contribution in [3.8, 4) is 0 Å². The summed E-state index contributed by atoms with van der Waals surface area (Å²) in [6, 6.07) is 14.2. The molecule has 176 valence electrons. The van der Waals surface area contributed by atoms with Gasteiger partial charge in [0.1, 0.15) is 6.61 Å². The number of rotatable bonds is 7. The SMILES string of the molecule is CC(C)CC1COC(=O)N1C1CCN(C(=O)CNC(=O)Cc2ccc3ccccc3c2)CC1. The Morgan fingerprint density at radius 1 is 1.09 bits per heavy atom. The highest BCUT2D eigenvalue weighted by atomic mass is 16.6. The van der Waals surface area contributed by atoms with Crippen molar-refractivity contribution in [2.75, 3.05) is 26.2 Å². The average Bonchev–Trinajstić information content (AvgIpc) is 3.16. The van der Waals surface area contributed by atoms with E-state index in [0.29, 0.717) is 25.6 Å². The summed E-state index contributed by atoms with van der Waals surface area (Å²) < 4.78 is 5.30. The van der Waals surface area contributed by atoms with Crippen molar-refractivity contribution in [3.63, 3.8) is 0 Å². The second-order valence-corrected chi connectivity index (χ2v) is 9.51. The first kappa shape index (κ1) is 23.1. The van der Waals surface area contributed by atoms with Crippen LogP contribution in [0.1, 0.15) is 38.7 Å². The summed E-state index contributed by atoms with van der Waals surface area (Å²) in [7, 11) is 0.